The van der Waals surface area contributed by atoms with Crippen molar-refractivity contribution in [3.8, 4) is 11.6 Å². The van der Waals surface area contributed by atoms with Crippen LogP contribution in [0.3, 0.4) is 0 Å². The molecule has 5 aromatic rings. The molecule has 0 amide bonds. The van der Waals surface area contributed by atoms with Crippen LogP contribution < -0.4 is 5.56 Å². The van der Waals surface area contributed by atoms with Gasteiger partial charge in [0.05, 0.1) is 24.0 Å². The van der Waals surface area contributed by atoms with E-state index in [2.05, 4.69) is 10.1 Å². The number of hydrogen-bond donors (Lipinski definition) is 1. The first kappa shape index (κ1) is 20.5. The van der Waals surface area contributed by atoms with Crippen molar-refractivity contribution >= 4 is 22.8 Å². The van der Waals surface area contributed by atoms with Crippen LogP contribution in [0.2, 0.25) is 0 Å². The molecule has 0 aliphatic carbocycles. The van der Waals surface area contributed by atoms with E-state index in [1.807, 2.05) is 85.8 Å². The first-order valence-corrected chi connectivity index (χ1v) is 10.7. The molecule has 0 aliphatic heterocycles. The SMILES string of the molecule is Cc1ccc(-n2c(O)c(/C=N/c3ccnn3Cc3ccccc3)c3ccccc3c2=O)cc1. The Bertz CT molecular complexity index is 1510. The minimum absolute atomic E-state index is 0.152. The highest BCUT2D eigenvalue weighted by molar-refractivity contribution is 6.02. The number of rotatable bonds is 5. The number of aromatic nitrogens is 3. The van der Waals surface area contributed by atoms with Crippen LogP contribution >= 0.6 is 0 Å². The Morgan fingerprint density at radius 1 is 0.909 bits per heavy atom. The van der Waals surface area contributed by atoms with Crippen LogP contribution in [0, 0.1) is 6.92 Å². The summed E-state index contributed by atoms with van der Waals surface area (Å²) in [6.45, 7) is 2.56. The minimum Gasteiger partial charge on any atom is -0.494 e. The van der Waals surface area contributed by atoms with E-state index in [-0.39, 0.29) is 11.4 Å². The summed E-state index contributed by atoms with van der Waals surface area (Å²) in [5.41, 5.74) is 2.97. The Morgan fingerprint density at radius 3 is 2.36 bits per heavy atom. The van der Waals surface area contributed by atoms with Gasteiger partial charge in [0.1, 0.15) is 0 Å². The van der Waals surface area contributed by atoms with Crippen LogP contribution in [0.25, 0.3) is 16.5 Å². The van der Waals surface area contributed by atoms with Crippen LogP contribution in [-0.4, -0.2) is 25.7 Å². The third-order valence-corrected chi connectivity index (χ3v) is 5.59. The minimum atomic E-state index is -0.279. The van der Waals surface area contributed by atoms with Gasteiger partial charge in [-0.2, -0.15) is 5.10 Å². The molecule has 33 heavy (non-hydrogen) atoms. The molecule has 0 saturated carbocycles. The molecule has 2 heterocycles. The zero-order valence-corrected chi connectivity index (χ0v) is 18.1. The maximum atomic E-state index is 13.2. The molecule has 0 aliphatic rings. The maximum absolute atomic E-state index is 13.2. The molecule has 0 spiro atoms. The molecule has 2 aromatic heterocycles. The summed E-state index contributed by atoms with van der Waals surface area (Å²) in [7, 11) is 0. The largest absolute Gasteiger partial charge is 0.494 e. The van der Waals surface area contributed by atoms with Gasteiger partial charge in [0.2, 0.25) is 5.88 Å². The van der Waals surface area contributed by atoms with Gasteiger partial charge in [-0.25, -0.2) is 14.2 Å². The standard InChI is InChI=1S/C27H22N4O2/c1-19-11-13-21(14-12-19)31-26(32)23-10-6-5-9-22(23)24(27(31)33)17-28-25-15-16-29-30(25)18-20-7-3-2-4-8-20/h2-17,33H,18H2,1H3/b28-17+. The van der Waals surface area contributed by atoms with E-state index < -0.39 is 0 Å². The molecule has 0 unspecified atom stereocenters. The molecule has 0 atom stereocenters. The molecule has 0 bridgehead atoms. The topological polar surface area (TPSA) is 72.4 Å². The lowest BCUT2D eigenvalue weighted by atomic mass is 10.1. The van der Waals surface area contributed by atoms with Crippen molar-refractivity contribution in [2.24, 2.45) is 4.99 Å². The summed E-state index contributed by atoms with van der Waals surface area (Å²) in [5.74, 6) is 0.496. The van der Waals surface area contributed by atoms with E-state index >= 15 is 0 Å². The highest BCUT2D eigenvalue weighted by atomic mass is 16.3. The fourth-order valence-corrected chi connectivity index (χ4v) is 3.87. The number of hydrogen-bond acceptors (Lipinski definition) is 4. The molecular formula is C27H22N4O2. The smallest absolute Gasteiger partial charge is 0.265 e. The molecular weight excluding hydrogens is 412 g/mol. The van der Waals surface area contributed by atoms with Gasteiger partial charge < -0.3 is 5.11 Å². The van der Waals surface area contributed by atoms with Gasteiger partial charge in [0.25, 0.3) is 5.56 Å². The van der Waals surface area contributed by atoms with Gasteiger partial charge >= 0.3 is 0 Å². The molecule has 0 saturated heterocycles. The summed E-state index contributed by atoms with van der Waals surface area (Å²) in [4.78, 5) is 17.8. The fraction of sp³-hybridized carbons (Fsp3) is 0.0741. The van der Waals surface area contributed by atoms with Crippen molar-refractivity contribution in [3.63, 3.8) is 0 Å². The van der Waals surface area contributed by atoms with Crippen molar-refractivity contribution in [3.05, 3.63) is 118 Å². The maximum Gasteiger partial charge on any atom is 0.265 e. The van der Waals surface area contributed by atoms with E-state index in [1.165, 1.54) is 4.57 Å². The summed E-state index contributed by atoms with van der Waals surface area (Å²) >= 11 is 0. The normalized spacial score (nSPS) is 11.4. The average Bonchev–Trinajstić information content (AvgIpc) is 3.28. The molecule has 0 radical (unpaired) electrons. The van der Waals surface area contributed by atoms with Gasteiger partial charge in [0.15, 0.2) is 5.82 Å². The third-order valence-electron chi connectivity index (χ3n) is 5.59. The Hall–Kier alpha value is -4.45. The van der Waals surface area contributed by atoms with E-state index in [0.29, 0.717) is 34.4 Å². The zero-order valence-electron chi connectivity index (χ0n) is 18.1. The molecule has 3 aromatic carbocycles. The number of pyridine rings is 1. The van der Waals surface area contributed by atoms with Crippen molar-refractivity contribution in [1.82, 2.24) is 14.3 Å². The fourth-order valence-electron chi connectivity index (χ4n) is 3.87. The predicted octanol–water partition coefficient (Wildman–Crippen LogP) is 5.00. The Morgan fingerprint density at radius 2 is 1.61 bits per heavy atom. The quantitative estimate of drug-likeness (QED) is 0.396. The number of benzene rings is 3. The molecule has 1 N–H and O–H groups in total. The second-order valence-electron chi connectivity index (χ2n) is 7.85. The first-order chi connectivity index (χ1) is 16.1. The van der Waals surface area contributed by atoms with Crippen molar-refractivity contribution in [2.45, 2.75) is 13.5 Å². The second kappa shape index (κ2) is 8.59. The number of fused-ring (bicyclic) bond motifs is 1. The summed E-state index contributed by atoms with van der Waals surface area (Å²) in [5, 5.41) is 16.7. The third kappa shape index (κ3) is 3.94. The molecule has 6 heteroatoms. The van der Waals surface area contributed by atoms with Crippen LogP contribution in [0.15, 0.2) is 101 Å². The van der Waals surface area contributed by atoms with Crippen LogP contribution in [-0.2, 0) is 6.54 Å². The first-order valence-electron chi connectivity index (χ1n) is 10.7. The highest BCUT2D eigenvalue weighted by Gasteiger charge is 2.16. The average molecular weight is 434 g/mol. The highest BCUT2D eigenvalue weighted by Crippen LogP contribution is 2.27. The summed E-state index contributed by atoms with van der Waals surface area (Å²) in [6.07, 6.45) is 3.29. The van der Waals surface area contributed by atoms with Gasteiger partial charge in [-0.3, -0.25) is 4.79 Å². The lowest BCUT2D eigenvalue weighted by molar-refractivity contribution is 0.436. The van der Waals surface area contributed by atoms with Gasteiger partial charge in [0, 0.05) is 23.1 Å². The Balaban J connectivity index is 1.62. The van der Waals surface area contributed by atoms with Crippen LogP contribution in [0.1, 0.15) is 16.7 Å². The van der Waals surface area contributed by atoms with Gasteiger partial charge in [-0.05, 0) is 30.7 Å². The number of aromatic hydroxyl groups is 1. The Kier molecular flexibility index (Phi) is 5.32. The van der Waals surface area contributed by atoms with Crippen LogP contribution in [0.5, 0.6) is 5.88 Å². The summed E-state index contributed by atoms with van der Waals surface area (Å²) < 4.78 is 3.12. The Labute approximate surface area is 190 Å². The van der Waals surface area contributed by atoms with Crippen LogP contribution in [0.4, 0.5) is 5.82 Å². The lowest BCUT2D eigenvalue weighted by Gasteiger charge is -2.14. The second-order valence-corrected chi connectivity index (χ2v) is 7.85. The lowest BCUT2D eigenvalue weighted by Crippen LogP contribution is -2.20. The predicted molar refractivity (Wildman–Crippen MR) is 131 cm³/mol. The number of nitrogens with zero attached hydrogens (tertiary/aromatic N) is 4. The van der Waals surface area contributed by atoms with Crippen molar-refractivity contribution < 1.29 is 5.11 Å². The van der Waals surface area contributed by atoms with E-state index in [9.17, 15) is 9.90 Å². The molecule has 5 rings (SSSR count). The molecule has 0 fully saturated rings. The zero-order chi connectivity index (χ0) is 22.8. The van der Waals surface area contributed by atoms with Gasteiger partial charge in [-0.15, -0.1) is 0 Å². The number of aliphatic imine (C=N–C) groups is 1. The monoisotopic (exact) mass is 434 g/mol. The van der Waals surface area contributed by atoms with Crippen molar-refractivity contribution in [1.29, 1.82) is 0 Å². The van der Waals surface area contributed by atoms with Crippen molar-refractivity contribution in [2.75, 3.05) is 0 Å². The van der Waals surface area contributed by atoms with E-state index in [4.69, 9.17) is 0 Å². The van der Waals surface area contributed by atoms with Gasteiger partial charge in [-0.1, -0.05) is 66.2 Å². The molecule has 6 nitrogen and oxygen atoms in total. The number of aryl methyl sites for hydroxylation is 1. The van der Waals surface area contributed by atoms with E-state index in [0.717, 1.165) is 11.1 Å². The molecule has 162 valence electrons. The van der Waals surface area contributed by atoms with E-state index in [1.54, 1.807) is 23.2 Å². The summed E-state index contributed by atoms with van der Waals surface area (Å²) in [6, 6.07) is 26.5.